The van der Waals surface area contributed by atoms with Crippen molar-refractivity contribution in [3.63, 3.8) is 0 Å². The normalized spacial score (nSPS) is 20.1. The molecule has 1 aromatic carbocycles. The molecule has 106 valence electrons. The zero-order valence-corrected chi connectivity index (χ0v) is 13.0. The molecule has 1 amide bonds. The van der Waals surface area contributed by atoms with Gasteiger partial charge in [-0.15, -0.1) is 0 Å². The lowest BCUT2D eigenvalue weighted by molar-refractivity contribution is -0.119. The lowest BCUT2D eigenvalue weighted by atomic mass is 10.0. The molecule has 2 atom stereocenters. The highest BCUT2D eigenvalue weighted by atomic mass is 79.9. The first kappa shape index (κ1) is 13.4. The smallest absolute Gasteiger partial charge is 0.220 e. The van der Waals surface area contributed by atoms with Crippen LogP contribution in [0.1, 0.15) is 13.3 Å². The van der Waals surface area contributed by atoms with Gasteiger partial charge in [0.1, 0.15) is 11.9 Å². The summed E-state index contributed by atoms with van der Waals surface area (Å²) in [5.74, 6) is 1.12. The van der Waals surface area contributed by atoms with Crippen molar-refractivity contribution < 1.29 is 9.53 Å². The molecule has 20 heavy (non-hydrogen) atoms. The second-order valence-electron chi connectivity index (χ2n) is 5.23. The molecule has 6 heteroatoms. The van der Waals surface area contributed by atoms with Gasteiger partial charge in [0, 0.05) is 36.6 Å². The summed E-state index contributed by atoms with van der Waals surface area (Å²) in [5.41, 5.74) is 0.893. The number of nitrogens with zero attached hydrogens (tertiary/aromatic N) is 2. The number of halogens is 1. The topological polar surface area (TPSA) is 56.1 Å². The molecule has 0 saturated carbocycles. The quantitative estimate of drug-likeness (QED) is 0.934. The summed E-state index contributed by atoms with van der Waals surface area (Å²) in [6.45, 7) is 2.69. The Kier molecular flexibility index (Phi) is 3.41. The number of aryl methyl sites for hydroxylation is 1. The summed E-state index contributed by atoms with van der Waals surface area (Å²) in [6, 6.07) is 3.91. The Morgan fingerprint density at radius 3 is 3.05 bits per heavy atom. The molecule has 1 N–H and O–H groups in total. The van der Waals surface area contributed by atoms with Crippen molar-refractivity contribution in [2.75, 3.05) is 6.54 Å². The molecule has 1 aliphatic heterocycles. The van der Waals surface area contributed by atoms with Crippen LogP contribution in [-0.2, 0) is 11.8 Å². The van der Waals surface area contributed by atoms with Crippen LogP contribution in [0.3, 0.4) is 0 Å². The first-order chi connectivity index (χ1) is 9.52. The molecule has 1 unspecified atom stereocenters. The van der Waals surface area contributed by atoms with E-state index in [1.54, 1.807) is 4.68 Å². The third-order valence-electron chi connectivity index (χ3n) is 3.65. The number of aromatic nitrogens is 2. The van der Waals surface area contributed by atoms with E-state index in [4.69, 9.17) is 4.74 Å². The minimum Gasteiger partial charge on any atom is -0.490 e. The van der Waals surface area contributed by atoms with Crippen LogP contribution in [0, 0.1) is 5.92 Å². The first-order valence-corrected chi connectivity index (χ1v) is 7.38. The van der Waals surface area contributed by atoms with Crippen LogP contribution >= 0.6 is 15.9 Å². The number of hydrogen-bond acceptors (Lipinski definition) is 3. The Balaban J connectivity index is 1.88. The maximum absolute atomic E-state index is 11.3. The van der Waals surface area contributed by atoms with Gasteiger partial charge in [0.25, 0.3) is 0 Å². The third-order valence-corrected chi connectivity index (χ3v) is 4.11. The van der Waals surface area contributed by atoms with Crippen molar-refractivity contribution in [1.29, 1.82) is 0 Å². The first-order valence-electron chi connectivity index (χ1n) is 6.59. The van der Waals surface area contributed by atoms with Gasteiger partial charge in [-0.05, 0) is 19.1 Å². The van der Waals surface area contributed by atoms with Gasteiger partial charge in [0.15, 0.2) is 0 Å². The molecule has 1 fully saturated rings. The van der Waals surface area contributed by atoms with Crippen LogP contribution in [0.4, 0.5) is 0 Å². The Labute approximate surface area is 125 Å². The van der Waals surface area contributed by atoms with E-state index in [0.717, 1.165) is 21.1 Å². The molecule has 2 aromatic rings. The fourth-order valence-corrected chi connectivity index (χ4v) is 2.96. The van der Waals surface area contributed by atoms with E-state index in [9.17, 15) is 4.79 Å². The van der Waals surface area contributed by atoms with E-state index in [1.807, 2.05) is 32.3 Å². The monoisotopic (exact) mass is 337 g/mol. The van der Waals surface area contributed by atoms with Gasteiger partial charge in [-0.25, -0.2) is 0 Å². The summed E-state index contributed by atoms with van der Waals surface area (Å²) in [6.07, 6.45) is 2.46. The second-order valence-corrected chi connectivity index (χ2v) is 6.15. The Morgan fingerprint density at radius 2 is 2.35 bits per heavy atom. The van der Waals surface area contributed by atoms with E-state index in [2.05, 4.69) is 26.3 Å². The average molecular weight is 338 g/mol. The maximum atomic E-state index is 11.3. The molecular weight excluding hydrogens is 322 g/mol. The molecule has 5 nitrogen and oxygen atoms in total. The van der Waals surface area contributed by atoms with Gasteiger partial charge >= 0.3 is 0 Å². The highest BCUT2D eigenvalue weighted by Gasteiger charge is 2.28. The molecule has 1 saturated heterocycles. The van der Waals surface area contributed by atoms with Gasteiger partial charge in [-0.1, -0.05) is 15.9 Å². The van der Waals surface area contributed by atoms with Crippen LogP contribution in [-0.4, -0.2) is 28.3 Å². The van der Waals surface area contributed by atoms with E-state index >= 15 is 0 Å². The Bertz CT molecular complexity index is 668. The molecule has 0 radical (unpaired) electrons. The molecule has 1 aromatic heterocycles. The number of rotatable bonds is 3. The van der Waals surface area contributed by atoms with Crippen molar-refractivity contribution in [1.82, 2.24) is 15.1 Å². The van der Waals surface area contributed by atoms with Crippen molar-refractivity contribution in [3.05, 3.63) is 22.8 Å². The summed E-state index contributed by atoms with van der Waals surface area (Å²) in [7, 11) is 1.89. The SMILES string of the molecule is CC(Oc1cc(Br)cc2nn(C)cc12)[C@H]1CNC(=O)C1. The van der Waals surface area contributed by atoms with Gasteiger partial charge in [0.2, 0.25) is 5.91 Å². The van der Waals surface area contributed by atoms with Crippen LogP contribution in [0.15, 0.2) is 22.8 Å². The van der Waals surface area contributed by atoms with Crippen LogP contribution < -0.4 is 10.1 Å². The fourth-order valence-electron chi connectivity index (χ4n) is 2.53. The van der Waals surface area contributed by atoms with E-state index in [1.165, 1.54) is 0 Å². The largest absolute Gasteiger partial charge is 0.490 e. The Morgan fingerprint density at radius 1 is 1.55 bits per heavy atom. The van der Waals surface area contributed by atoms with Gasteiger partial charge in [-0.3, -0.25) is 9.48 Å². The minimum absolute atomic E-state index is 0.0216. The van der Waals surface area contributed by atoms with Crippen LogP contribution in [0.25, 0.3) is 10.9 Å². The van der Waals surface area contributed by atoms with Crippen LogP contribution in [0.2, 0.25) is 0 Å². The van der Waals surface area contributed by atoms with E-state index in [0.29, 0.717) is 13.0 Å². The van der Waals surface area contributed by atoms with Gasteiger partial charge < -0.3 is 10.1 Å². The van der Waals surface area contributed by atoms with Crippen molar-refractivity contribution in [2.45, 2.75) is 19.4 Å². The predicted molar refractivity (Wildman–Crippen MR) is 79.6 cm³/mol. The second kappa shape index (κ2) is 5.09. The number of carbonyl (C=O) groups is 1. The zero-order chi connectivity index (χ0) is 14.3. The number of carbonyl (C=O) groups excluding carboxylic acids is 1. The number of ether oxygens (including phenoxy) is 1. The summed E-state index contributed by atoms with van der Waals surface area (Å²) in [4.78, 5) is 11.3. The number of nitrogens with one attached hydrogen (secondary N) is 1. The van der Waals surface area contributed by atoms with Crippen molar-refractivity contribution >= 4 is 32.7 Å². The predicted octanol–water partition coefficient (Wildman–Crippen LogP) is 2.24. The average Bonchev–Trinajstić information content (AvgIpc) is 2.94. The van der Waals surface area contributed by atoms with Crippen LogP contribution in [0.5, 0.6) is 5.75 Å². The molecule has 3 rings (SSSR count). The molecule has 0 aliphatic carbocycles. The molecule has 0 spiro atoms. The fraction of sp³-hybridized carbons (Fsp3) is 0.429. The summed E-state index contributed by atoms with van der Waals surface area (Å²) >= 11 is 3.48. The number of amides is 1. The Hall–Kier alpha value is -1.56. The molecule has 2 heterocycles. The highest BCUT2D eigenvalue weighted by Crippen LogP contribution is 2.31. The van der Waals surface area contributed by atoms with Crippen molar-refractivity contribution in [2.24, 2.45) is 13.0 Å². The third kappa shape index (κ3) is 2.52. The standard InChI is InChI=1S/C14H16BrN3O2/c1-8(9-3-14(19)16-6-9)20-13-5-10(15)4-12-11(13)7-18(2)17-12/h4-5,7-9H,3,6H2,1-2H3,(H,16,19)/t8?,9-/m1/s1. The lowest BCUT2D eigenvalue weighted by Crippen LogP contribution is -2.25. The number of benzene rings is 1. The van der Waals surface area contributed by atoms with Gasteiger partial charge in [0.05, 0.1) is 10.9 Å². The molecule has 0 bridgehead atoms. The zero-order valence-electron chi connectivity index (χ0n) is 11.4. The highest BCUT2D eigenvalue weighted by molar-refractivity contribution is 9.10. The van der Waals surface area contributed by atoms with Gasteiger partial charge in [-0.2, -0.15) is 5.10 Å². The molecule has 1 aliphatic rings. The summed E-state index contributed by atoms with van der Waals surface area (Å²) < 4.78 is 8.79. The van der Waals surface area contributed by atoms with E-state index < -0.39 is 0 Å². The maximum Gasteiger partial charge on any atom is 0.220 e. The van der Waals surface area contributed by atoms with E-state index in [-0.39, 0.29) is 17.9 Å². The minimum atomic E-state index is -0.0216. The number of hydrogen-bond donors (Lipinski definition) is 1. The molecular formula is C14H16BrN3O2. The lowest BCUT2D eigenvalue weighted by Gasteiger charge is -2.20. The van der Waals surface area contributed by atoms with Crippen molar-refractivity contribution in [3.8, 4) is 5.75 Å². The summed E-state index contributed by atoms with van der Waals surface area (Å²) in [5, 5.41) is 8.22. The number of fused-ring (bicyclic) bond motifs is 1.